The number of Topliss-reactive ketones (excluding diaryl/α,β-unsaturated/α-hetero) is 1. The summed E-state index contributed by atoms with van der Waals surface area (Å²) in [5, 5.41) is 11.3. The Labute approximate surface area is 209 Å². The van der Waals surface area contributed by atoms with Crippen molar-refractivity contribution in [1.82, 2.24) is 0 Å². The summed E-state index contributed by atoms with van der Waals surface area (Å²) in [6.45, 7) is 3.87. The number of carbonyl (C=O) groups is 2. The van der Waals surface area contributed by atoms with Crippen LogP contribution in [-0.4, -0.2) is 16.8 Å². The second-order valence-electron chi connectivity index (χ2n) is 8.86. The Bertz CT molecular complexity index is 1470. The number of rotatable bonds is 5. The topological polar surface area (TPSA) is 66.8 Å². The number of anilines is 1. The molecule has 1 amide bonds. The van der Waals surface area contributed by atoms with Crippen LogP contribution in [0.4, 0.5) is 5.69 Å². The summed E-state index contributed by atoms with van der Waals surface area (Å²) < 4.78 is 6.02. The van der Waals surface area contributed by atoms with E-state index in [0.29, 0.717) is 28.3 Å². The van der Waals surface area contributed by atoms with E-state index in [1.54, 1.807) is 24.3 Å². The van der Waals surface area contributed by atoms with Gasteiger partial charge in [0.2, 0.25) is 0 Å². The molecule has 0 aliphatic carbocycles. The number of para-hydroxylation sites is 1. The van der Waals surface area contributed by atoms with Crippen LogP contribution in [-0.2, 0) is 9.59 Å². The van der Waals surface area contributed by atoms with Gasteiger partial charge in [-0.3, -0.25) is 14.5 Å². The van der Waals surface area contributed by atoms with Crippen molar-refractivity contribution in [3.05, 3.63) is 131 Å². The summed E-state index contributed by atoms with van der Waals surface area (Å²) in [7, 11) is 0. The molecule has 5 nitrogen and oxygen atoms in total. The first kappa shape index (κ1) is 23.1. The molecule has 178 valence electrons. The van der Waals surface area contributed by atoms with E-state index in [1.807, 2.05) is 92.7 Å². The van der Waals surface area contributed by atoms with Crippen LogP contribution >= 0.6 is 0 Å². The van der Waals surface area contributed by atoms with Crippen molar-refractivity contribution in [3.63, 3.8) is 0 Å². The lowest BCUT2D eigenvalue weighted by Crippen LogP contribution is -2.29. The van der Waals surface area contributed by atoms with Gasteiger partial charge in [0.1, 0.15) is 17.3 Å². The molecule has 1 aliphatic rings. The van der Waals surface area contributed by atoms with Gasteiger partial charge in [0, 0.05) is 11.3 Å². The highest BCUT2D eigenvalue weighted by Crippen LogP contribution is 2.43. The monoisotopic (exact) mass is 475 g/mol. The number of hydrogen-bond acceptors (Lipinski definition) is 4. The molecule has 4 aromatic rings. The smallest absolute Gasteiger partial charge is 0.300 e. The van der Waals surface area contributed by atoms with Crippen LogP contribution in [0.1, 0.15) is 28.3 Å². The first-order valence-electron chi connectivity index (χ1n) is 11.7. The molecule has 36 heavy (non-hydrogen) atoms. The average Bonchev–Trinajstić information content (AvgIpc) is 3.15. The number of ether oxygens (including phenoxy) is 1. The lowest BCUT2D eigenvalue weighted by Gasteiger charge is -2.26. The molecule has 1 heterocycles. The van der Waals surface area contributed by atoms with Crippen LogP contribution in [0.5, 0.6) is 11.5 Å². The average molecular weight is 476 g/mol. The zero-order valence-corrected chi connectivity index (χ0v) is 20.0. The van der Waals surface area contributed by atoms with E-state index in [1.165, 1.54) is 4.90 Å². The summed E-state index contributed by atoms with van der Waals surface area (Å²) in [5.74, 6) is -0.392. The van der Waals surface area contributed by atoms with Gasteiger partial charge in [0.25, 0.3) is 11.7 Å². The van der Waals surface area contributed by atoms with Gasteiger partial charge in [0.15, 0.2) is 0 Å². The van der Waals surface area contributed by atoms with Crippen molar-refractivity contribution in [2.24, 2.45) is 0 Å². The van der Waals surface area contributed by atoms with E-state index >= 15 is 0 Å². The Morgan fingerprint density at radius 2 is 1.44 bits per heavy atom. The maximum Gasteiger partial charge on any atom is 0.300 e. The Morgan fingerprint density at radius 1 is 0.750 bits per heavy atom. The van der Waals surface area contributed by atoms with Crippen LogP contribution < -0.4 is 9.64 Å². The normalized spacial score (nSPS) is 16.8. The summed E-state index contributed by atoms with van der Waals surface area (Å²) in [4.78, 5) is 28.2. The molecule has 5 rings (SSSR count). The van der Waals surface area contributed by atoms with E-state index in [9.17, 15) is 14.7 Å². The van der Waals surface area contributed by atoms with Gasteiger partial charge in [-0.1, -0.05) is 72.3 Å². The quantitative estimate of drug-likeness (QED) is 0.198. The molecule has 0 aromatic heterocycles. The minimum absolute atomic E-state index is 0.0437. The van der Waals surface area contributed by atoms with E-state index in [2.05, 4.69) is 0 Å². The van der Waals surface area contributed by atoms with E-state index < -0.39 is 17.7 Å². The third kappa shape index (κ3) is 4.39. The fourth-order valence-electron chi connectivity index (χ4n) is 4.43. The third-order valence-electron chi connectivity index (χ3n) is 6.20. The third-order valence-corrected chi connectivity index (χ3v) is 6.20. The summed E-state index contributed by atoms with van der Waals surface area (Å²) >= 11 is 0. The molecule has 1 unspecified atom stereocenters. The lowest BCUT2D eigenvalue weighted by molar-refractivity contribution is -0.132. The number of hydrogen-bond donors (Lipinski definition) is 1. The Morgan fingerprint density at radius 3 is 2.17 bits per heavy atom. The molecule has 0 saturated carbocycles. The number of aliphatic hydroxyl groups is 1. The van der Waals surface area contributed by atoms with Crippen LogP contribution in [0.25, 0.3) is 5.76 Å². The molecule has 0 spiro atoms. The highest BCUT2D eigenvalue weighted by atomic mass is 16.5. The van der Waals surface area contributed by atoms with Gasteiger partial charge in [-0.25, -0.2) is 0 Å². The molecule has 5 heteroatoms. The molecule has 1 fully saturated rings. The minimum atomic E-state index is -0.826. The molecule has 1 saturated heterocycles. The van der Waals surface area contributed by atoms with Gasteiger partial charge in [-0.05, 0) is 61.4 Å². The second kappa shape index (κ2) is 9.55. The van der Waals surface area contributed by atoms with Crippen LogP contribution in [0.3, 0.4) is 0 Å². The Hall–Kier alpha value is -4.64. The van der Waals surface area contributed by atoms with E-state index in [0.717, 1.165) is 11.1 Å². The van der Waals surface area contributed by atoms with Crippen LogP contribution in [0.15, 0.2) is 109 Å². The predicted molar refractivity (Wildman–Crippen MR) is 140 cm³/mol. The highest BCUT2D eigenvalue weighted by Gasteiger charge is 2.47. The summed E-state index contributed by atoms with van der Waals surface area (Å²) in [5.41, 5.74) is 3.73. The number of nitrogens with zero attached hydrogens (tertiary/aromatic N) is 1. The summed E-state index contributed by atoms with van der Waals surface area (Å²) in [6.07, 6.45) is 0. The molecule has 4 aromatic carbocycles. The number of amides is 1. The number of carbonyl (C=O) groups excluding carboxylic acids is 2. The van der Waals surface area contributed by atoms with Crippen molar-refractivity contribution in [3.8, 4) is 11.5 Å². The Kier molecular flexibility index (Phi) is 6.13. The van der Waals surface area contributed by atoms with Crippen molar-refractivity contribution in [2.45, 2.75) is 19.9 Å². The molecule has 1 atom stereocenters. The van der Waals surface area contributed by atoms with Gasteiger partial charge in [0.05, 0.1) is 11.6 Å². The number of benzene rings is 4. The molecule has 1 N–H and O–H groups in total. The van der Waals surface area contributed by atoms with Crippen molar-refractivity contribution >= 4 is 23.1 Å². The fraction of sp³-hybridized carbons (Fsp3) is 0.0968. The maximum absolute atomic E-state index is 13.4. The van der Waals surface area contributed by atoms with Crippen molar-refractivity contribution in [2.75, 3.05) is 4.90 Å². The van der Waals surface area contributed by atoms with Crippen LogP contribution in [0.2, 0.25) is 0 Å². The molecular weight excluding hydrogens is 450 g/mol. The number of ketones is 1. The first-order chi connectivity index (χ1) is 17.4. The zero-order chi connectivity index (χ0) is 25.2. The fourth-order valence-corrected chi connectivity index (χ4v) is 4.43. The molecule has 0 radical (unpaired) electrons. The zero-order valence-electron chi connectivity index (χ0n) is 20.0. The van der Waals surface area contributed by atoms with Gasteiger partial charge in [-0.2, -0.15) is 0 Å². The highest BCUT2D eigenvalue weighted by molar-refractivity contribution is 6.51. The number of aliphatic hydroxyl groups excluding tert-OH is 1. The van der Waals surface area contributed by atoms with E-state index in [-0.39, 0.29) is 11.3 Å². The molecular formula is C31H25NO4. The van der Waals surface area contributed by atoms with Crippen molar-refractivity contribution in [1.29, 1.82) is 0 Å². The SMILES string of the molecule is Cc1ccc(/C(O)=C2/C(=O)C(=O)N(c3cccc(C)c3)C2c2cccc(Oc3ccccc3)c2)cc1. The lowest BCUT2D eigenvalue weighted by atomic mass is 9.94. The first-order valence-corrected chi connectivity index (χ1v) is 11.7. The van der Waals surface area contributed by atoms with Gasteiger partial charge in [-0.15, -0.1) is 0 Å². The second-order valence-corrected chi connectivity index (χ2v) is 8.86. The van der Waals surface area contributed by atoms with Crippen LogP contribution in [0, 0.1) is 13.8 Å². The Balaban J connectivity index is 1.67. The molecule has 1 aliphatic heterocycles. The van der Waals surface area contributed by atoms with Gasteiger partial charge >= 0.3 is 0 Å². The maximum atomic E-state index is 13.4. The molecule has 0 bridgehead atoms. The predicted octanol–water partition coefficient (Wildman–Crippen LogP) is 6.72. The standard InChI is InChI=1S/C31H25NO4/c1-20-14-16-22(17-15-20)29(33)27-28(32(31(35)30(27)34)24-10-6-8-21(2)18-24)23-9-7-13-26(19-23)36-25-11-4-3-5-12-25/h3-19,28,33H,1-2H3/b29-27-. The van der Waals surface area contributed by atoms with Gasteiger partial charge < -0.3 is 9.84 Å². The largest absolute Gasteiger partial charge is 0.507 e. The van der Waals surface area contributed by atoms with Crippen molar-refractivity contribution < 1.29 is 19.4 Å². The number of aryl methyl sites for hydroxylation is 2. The van der Waals surface area contributed by atoms with E-state index in [4.69, 9.17) is 4.74 Å². The summed E-state index contributed by atoms with van der Waals surface area (Å²) in [6, 6.07) is 30.4. The minimum Gasteiger partial charge on any atom is -0.507 e.